The molecule has 0 unspecified atom stereocenters. The number of nitrogens with zero attached hydrogens (tertiary/aromatic N) is 16. The normalized spacial score (nSPS) is 14.6. The standard InChI is InChI=1S/C31H28ClN3O3.C26H23F3N6O2.C25H25N5O.C22H23ClN2O2.4CH4/c1-20-29(28(36)19-33-15-5-2-6-16-33)26-14-9-21(17-27(26)35(20)23-12-10-22(32)11-13-23)18-34-30(37)24-7-3-4-8-25(24)31(34)38;1-16-23(21(36)15-34-10-4-3-5-11-34)24-20(35(16)19-8-6-18(30-2)7-9-19)12-17(14-31-24)13-22-32-25(37-33-22)26(27,28)29;1-18-24(23(31)17-29-13-4-3-5-14-29)25-22(15-19(16-28-25)7-6-12-26)30(18)21-10-8-20(27-2)9-11-21;1-15-22(21(27)14-24-11-3-2-4-12-24)19-10-9-18(26)13-20(19)25(15)17-7-5-16(23)6-8-17;;;;/h3-4,7-14,17H,2,5-6,15-16,18-19H2,1H3;6-9,12,14H,3-5,10-11,13,15H2,1H3;8-11,15-16H,3-7,13-14,17H2,1H3;5-10,13,26H,2-4,11-12,14H2,1H3;4*1H4. The average Bonchev–Trinajstić information content (AvgIpc) is 1.61. The van der Waals surface area contributed by atoms with Crippen LogP contribution in [-0.2, 0) is 25.6 Å². The number of fused-ring (bicyclic) bond motifs is 5. The van der Waals surface area contributed by atoms with Gasteiger partial charge in [0.15, 0.2) is 40.3 Å². The maximum atomic E-state index is 13.6. The lowest BCUT2D eigenvalue weighted by Crippen LogP contribution is -2.34. The number of hydrogen-bond acceptors (Lipinski definition) is 17. The van der Waals surface area contributed by atoms with E-state index in [1.54, 1.807) is 85.1 Å². The highest BCUT2D eigenvalue weighted by molar-refractivity contribution is 6.31. The van der Waals surface area contributed by atoms with E-state index in [0.717, 1.165) is 188 Å². The number of rotatable bonds is 22. The molecule has 0 spiro atoms. The summed E-state index contributed by atoms with van der Waals surface area (Å²) in [5.41, 5.74) is 18.1. The molecule has 0 saturated carbocycles. The second kappa shape index (κ2) is 45.4. The maximum Gasteiger partial charge on any atom is 0.471 e. The zero-order chi connectivity index (χ0) is 93.3. The van der Waals surface area contributed by atoms with Crippen LogP contribution in [0.5, 0.6) is 5.75 Å². The van der Waals surface area contributed by atoms with Gasteiger partial charge in [-0.15, -0.1) is 0 Å². The molecule has 2 amide bonds. The Morgan fingerprint density at radius 3 is 1.20 bits per heavy atom. The molecule has 0 atom stereocenters. The van der Waals surface area contributed by atoms with Crippen LogP contribution in [0.25, 0.3) is 76.3 Å². The molecule has 0 radical (unpaired) electrons. The van der Waals surface area contributed by atoms with Gasteiger partial charge in [-0.05, 0) is 270 Å². The molecule has 29 heteroatoms. The number of alkyl halides is 3. The summed E-state index contributed by atoms with van der Waals surface area (Å²) in [7, 11) is 0. The fourth-order valence-corrected chi connectivity index (χ4v) is 19.3. The van der Waals surface area contributed by atoms with Gasteiger partial charge in [0.1, 0.15) is 5.75 Å². The van der Waals surface area contributed by atoms with Crippen molar-refractivity contribution < 1.29 is 51.6 Å². The molecule has 1 N–H and O–H groups in total. The molecule has 4 saturated heterocycles. The van der Waals surface area contributed by atoms with Crippen LogP contribution >= 0.6 is 23.2 Å². The Hall–Kier alpha value is -13.6. The fourth-order valence-electron chi connectivity index (χ4n) is 19.1. The third kappa shape index (κ3) is 22.6. The molecule has 0 bridgehead atoms. The summed E-state index contributed by atoms with van der Waals surface area (Å²) in [5.74, 6) is -1.60. The highest BCUT2D eigenvalue weighted by atomic mass is 35.5. The SMILES string of the molecule is C.C.C.C.Cc1c(C(=O)CN2CCCCC2)c2ccc(CN3C(=O)c4ccccc4C3=O)cc2n1-c1ccc(Cl)cc1.Cc1c(C(=O)CN2CCCCC2)c2ccc(O)cc2n1-c1ccc(Cl)cc1.[C-]#[N+]c1ccc(-n2c(C)c(C(=O)CN3CCCCC3)c3ncc(CCC#N)cc32)cc1.[C-]#[N+]c1ccc(-n2c(C)c(C(=O)CN3CCCCC3)c3ncc(Cc4noc(C(F)(F)F)n4)cc32)cc1. The predicted molar refractivity (Wildman–Crippen MR) is 534 cm³/mol. The molecule has 19 rings (SSSR count). The van der Waals surface area contributed by atoms with E-state index >= 15 is 0 Å². The molecule has 4 fully saturated rings. The number of pyridine rings is 2. The van der Waals surface area contributed by atoms with Crippen LogP contribution in [0, 0.1) is 52.2 Å². The maximum absolute atomic E-state index is 13.6. The van der Waals surface area contributed by atoms with Crippen LogP contribution in [0.4, 0.5) is 24.5 Å². The van der Waals surface area contributed by atoms with Gasteiger partial charge in [-0.2, -0.15) is 23.4 Å². The number of amides is 2. The summed E-state index contributed by atoms with van der Waals surface area (Å²) < 4.78 is 51.0. The van der Waals surface area contributed by atoms with Crippen molar-refractivity contribution in [1.82, 2.24) is 62.9 Å². The minimum Gasteiger partial charge on any atom is -0.508 e. The summed E-state index contributed by atoms with van der Waals surface area (Å²) in [6, 6.07) is 53.4. The van der Waals surface area contributed by atoms with Crippen LogP contribution in [0.3, 0.4) is 0 Å². The Kier molecular flexibility index (Phi) is 33.9. The van der Waals surface area contributed by atoms with Gasteiger partial charge >= 0.3 is 12.1 Å². The third-order valence-corrected chi connectivity index (χ3v) is 26.0. The number of phenolic OH excluding ortho intramolecular Hbond substituents is 1. The number of aromatic hydroxyl groups is 1. The van der Waals surface area contributed by atoms with E-state index in [9.17, 15) is 47.0 Å². The van der Waals surface area contributed by atoms with E-state index < -0.39 is 12.1 Å². The molecule has 5 aliphatic heterocycles. The van der Waals surface area contributed by atoms with Crippen LogP contribution in [-0.4, -0.2) is 181 Å². The molecule has 5 aliphatic rings. The van der Waals surface area contributed by atoms with Gasteiger partial charge in [0.05, 0.1) is 107 Å². The van der Waals surface area contributed by atoms with Crippen molar-refractivity contribution in [3.8, 4) is 34.6 Å². The van der Waals surface area contributed by atoms with Crippen LogP contribution in [0.2, 0.25) is 10.0 Å². The smallest absolute Gasteiger partial charge is 0.471 e. The monoisotopic (exact) mass is 1890 g/mol. The van der Waals surface area contributed by atoms with Gasteiger partial charge in [-0.25, -0.2) is 9.69 Å². The first-order valence-corrected chi connectivity index (χ1v) is 45.8. The van der Waals surface area contributed by atoms with Gasteiger partial charge in [0, 0.05) is 109 Å². The molecule has 0 aliphatic carbocycles. The second-order valence-electron chi connectivity index (χ2n) is 34.5. The fraction of sp³-hybridized carbons (Fsp3) is 0.343. The van der Waals surface area contributed by atoms with E-state index in [2.05, 4.69) is 69.1 Å². The summed E-state index contributed by atoms with van der Waals surface area (Å²) in [6.45, 7) is 31.4. The lowest BCUT2D eigenvalue weighted by molar-refractivity contribution is -0.159. The number of benzene rings is 7. The van der Waals surface area contributed by atoms with Gasteiger partial charge in [-0.1, -0.05) is 132 Å². The Morgan fingerprint density at radius 1 is 0.460 bits per heavy atom. The minimum atomic E-state index is -4.72. The number of hydrogen-bond donors (Lipinski definition) is 1. The highest BCUT2D eigenvalue weighted by Crippen LogP contribution is 2.39. The van der Waals surface area contributed by atoms with Crippen molar-refractivity contribution in [2.45, 2.75) is 166 Å². The van der Waals surface area contributed by atoms with Crippen LogP contribution in [0.15, 0.2) is 187 Å². The number of carbonyl (C=O) groups excluding carboxylic acids is 6. The van der Waals surface area contributed by atoms with Gasteiger partial charge in [-0.3, -0.25) is 63.2 Å². The first-order chi connectivity index (χ1) is 64.3. The summed E-state index contributed by atoms with van der Waals surface area (Å²) >= 11 is 12.2. The Morgan fingerprint density at radius 2 is 0.810 bits per heavy atom. The summed E-state index contributed by atoms with van der Waals surface area (Å²) in [4.78, 5) is 109. The first-order valence-electron chi connectivity index (χ1n) is 45.0. The number of imide groups is 1. The van der Waals surface area contributed by atoms with Crippen molar-refractivity contribution >= 4 is 113 Å². The second-order valence-corrected chi connectivity index (χ2v) is 35.4. The molecular weight excluding hydrogens is 1780 g/mol. The predicted octanol–water partition coefficient (Wildman–Crippen LogP) is 24.1. The van der Waals surface area contributed by atoms with E-state index in [1.165, 1.54) is 36.8 Å². The average molecular weight is 1890 g/mol. The van der Waals surface area contributed by atoms with Crippen LogP contribution < -0.4 is 0 Å². The van der Waals surface area contributed by atoms with Gasteiger partial charge in [0.25, 0.3) is 11.8 Å². The molecule has 7 aromatic carbocycles. The largest absolute Gasteiger partial charge is 0.508 e. The highest BCUT2D eigenvalue weighted by Gasteiger charge is 2.40. The number of ketones is 4. The van der Waals surface area contributed by atoms with E-state index in [1.807, 2.05) is 128 Å². The summed E-state index contributed by atoms with van der Waals surface area (Å²) in [6.07, 6.45) is 13.4. The summed E-state index contributed by atoms with van der Waals surface area (Å²) in [5, 5.41) is 25.5. The van der Waals surface area contributed by atoms with Crippen molar-refractivity contribution in [2.75, 3.05) is 78.5 Å². The molecule has 14 aromatic rings. The first kappa shape index (κ1) is 102. The Labute approximate surface area is 807 Å². The van der Waals surface area contributed by atoms with E-state index in [-0.39, 0.29) is 89.2 Å². The van der Waals surface area contributed by atoms with Crippen molar-refractivity contribution in [3.63, 3.8) is 0 Å². The lowest BCUT2D eigenvalue weighted by atomic mass is 10.0. The van der Waals surface area contributed by atoms with Crippen molar-refractivity contribution in [3.05, 3.63) is 300 Å². The Bertz CT molecular complexity index is 6850. The molecule has 12 heterocycles. The van der Waals surface area contributed by atoms with Gasteiger partial charge in [0.2, 0.25) is 0 Å². The van der Waals surface area contributed by atoms with E-state index in [4.69, 9.17) is 41.6 Å². The molecule has 24 nitrogen and oxygen atoms in total. The molecule has 710 valence electrons. The zero-order valence-corrected chi connectivity index (χ0v) is 76.0. The topological polar surface area (TPSA) is 256 Å². The minimum absolute atomic E-state index is 0. The van der Waals surface area contributed by atoms with Gasteiger partial charge < -0.3 is 27.9 Å². The van der Waals surface area contributed by atoms with Crippen molar-refractivity contribution in [2.24, 2.45) is 0 Å². The lowest BCUT2D eigenvalue weighted by Gasteiger charge is -2.25. The third-order valence-electron chi connectivity index (χ3n) is 25.5. The number of Topliss-reactive ketones (excluding diaryl/α,β-unsaturated/α-hetero) is 4. The molecule has 7 aromatic heterocycles. The number of nitriles is 1. The number of phenols is 1. The molecular formula is C108H115Cl2F3N16O8. The number of likely N-dealkylation sites (tertiary alicyclic amines) is 4. The number of aromatic nitrogens is 8. The number of piperidine rings is 4. The van der Waals surface area contributed by atoms with E-state index in [0.29, 0.717) is 116 Å². The Balaban J connectivity index is 0.000000164. The van der Waals surface area contributed by atoms with Crippen LogP contribution in [0.1, 0.15) is 227 Å². The van der Waals surface area contributed by atoms with Crippen molar-refractivity contribution in [1.29, 1.82) is 5.26 Å². The number of carbonyl (C=O) groups is 6. The zero-order valence-electron chi connectivity index (χ0n) is 74.5. The quantitative estimate of drug-likeness (QED) is 0.0376. The number of aryl methyl sites for hydroxylation is 1. The number of halogens is 5. The molecule has 137 heavy (non-hydrogen) atoms.